The minimum absolute atomic E-state index is 0.0534. The summed E-state index contributed by atoms with van der Waals surface area (Å²) in [4.78, 5) is 11.0. The summed E-state index contributed by atoms with van der Waals surface area (Å²) in [6, 6.07) is 11.3. The highest BCUT2D eigenvalue weighted by molar-refractivity contribution is 6.37. The molecule has 0 atom stereocenters. The Labute approximate surface area is 189 Å². The Balaban J connectivity index is 1.75. The van der Waals surface area contributed by atoms with Crippen molar-refractivity contribution < 1.29 is 13.9 Å². The van der Waals surface area contributed by atoms with Crippen molar-refractivity contribution in [2.45, 2.75) is 32.3 Å². The second kappa shape index (κ2) is 9.77. The molecule has 0 spiro atoms. The van der Waals surface area contributed by atoms with E-state index in [0.717, 1.165) is 11.1 Å². The Morgan fingerprint density at radius 1 is 1.07 bits per heavy atom. The fourth-order valence-electron chi connectivity index (χ4n) is 2.89. The third-order valence-corrected chi connectivity index (χ3v) is 5.49. The minimum atomic E-state index is -0.613. The van der Waals surface area contributed by atoms with E-state index in [1.54, 1.807) is 0 Å². The Hall–Kier alpha value is -2.15. The zero-order valence-electron chi connectivity index (χ0n) is 16.5. The summed E-state index contributed by atoms with van der Waals surface area (Å²) in [6.07, 6.45) is 0.710. The lowest BCUT2D eigenvalue weighted by Crippen LogP contribution is -2.19. The second-order valence-corrected chi connectivity index (χ2v) is 8.30. The van der Waals surface area contributed by atoms with E-state index in [9.17, 15) is 4.79 Å². The van der Waals surface area contributed by atoms with Crippen LogP contribution in [0.4, 0.5) is 0 Å². The van der Waals surface area contributed by atoms with Crippen molar-refractivity contribution in [1.82, 2.24) is 10.2 Å². The molecule has 0 bridgehead atoms. The summed E-state index contributed by atoms with van der Waals surface area (Å²) in [7, 11) is 0. The first kappa shape index (κ1) is 22.5. The predicted molar refractivity (Wildman–Crippen MR) is 117 cm³/mol. The number of nitrogens with zero attached hydrogens (tertiary/aromatic N) is 1. The summed E-state index contributed by atoms with van der Waals surface area (Å²) in [5.74, 6) is 1.17. The van der Waals surface area contributed by atoms with Crippen LogP contribution in [0, 0.1) is 0 Å². The van der Waals surface area contributed by atoms with Crippen molar-refractivity contribution in [2.75, 3.05) is 12.5 Å². The van der Waals surface area contributed by atoms with Gasteiger partial charge in [0.1, 0.15) is 5.75 Å². The Morgan fingerprint density at radius 3 is 2.30 bits per heavy atom. The van der Waals surface area contributed by atoms with Gasteiger partial charge >= 0.3 is 5.76 Å². The van der Waals surface area contributed by atoms with E-state index in [0.29, 0.717) is 40.5 Å². The van der Waals surface area contributed by atoms with Crippen molar-refractivity contribution in [3.05, 3.63) is 74.0 Å². The molecule has 0 saturated heterocycles. The molecule has 2 aromatic carbocycles. The van der Waals surface area contributed by atoms with Gasteiger partial charge in [-0.2, -0.15) is 0 Å². The second-order valence-electron chi connectivity index (χ2n) is 7.10. The van der Waals surface area contributed by atoms with Gasteiger partial charge in [-0.05, 0) is 41.8 Å². The number of hydrogen-bond acceptors (Lipinski definition) is 5. The molecule has 0 amide bonds. The zero-order chi connectivity index (χ0) is 21.7. The Morgan fingerprint density at radius 2 is 1.73 bits per heavy atom. The smallest absolute Gasteiger partial charge is 0.434 e. The van der Waals surface area contributed by atoms with Gasteiger partial charge in [0.15, 0.2) is 12.4 Å². The van der Waals surface area contributed by atoms with E-state index < -0.39 is 5.76 Å². The fourth-order valence-corrected chi connectivity index (χ4v) is 3.59. The van der Waals surface area contributed by atoms with E-state index in [-0.39, 0.29) is 17.9 Å². The molecule has 6 nitrogen and oxygen atoms in total. The standard InChI is InChI=1S/C21H21Cl3N2O4/c1-21(2,14-10-16(23)19(17(24)11-14)28-9-3-8-22)13-4-6-15(7-5-13)29-12-18-25-26-20(27)30-18/h4-7,10-11H,3,8-9,12H2,1-2H3,(H,26,27). The van der Waals surface area contributed by atoms with E-state index in [1.807, 2.05) is 36.4 Å². The van der Waals surface area contributed by atoms with E-state index in [1.165, 1.54) is 0 Å². The largest absolute Gasteiger partial charge is 0.490 e. The quantitative estimate of drug-likeness (QED) is 0.325. The van der Waals surface area contributed by atoms with Gasteiger partial charge < -0.3 is 13.9 Å². The molecule has 30 heavy (non-hydrogen) atoms. The molecular weight excluding hydrogens is 451 g/mol. The maximum atomic E-state index is 11.0. The van der Waals surface area contributed by atoms with Crippen LogP contribution in [0.3, 0.4) is 0 Å². The molecule has 1 heterocycles. The lowest BCUT2D eigenvalue weighted by Gasteiger charge is -2.27. The third-order valence-electron chi connectivity index (χ3n) is 4.67. The minimum Gasteiger partial charge on any atom is -0.490 e. The first-order chi connectivity index (χ1) is 14.3. The Kier molecular flexibility index (Phi) is 7.34. The number of rotatable bonds is 9. The molecule has 0 saturated carbocycles. The number of hydrogen-bond donors (Lipinski definition) is 1. The molecule has 3 aromatic rings. The van der Waals surface area contributed by atoms with Gasteiger partial charge in [-0.25, -0.2) is 9.89 Å². The van der Waals surface area contributed by atoms with Crippen molar-refractivity contribution in [3.8, 4) is 11.5 Å². The Bertz CT molecular complexity index is 1020. The molecule has 0 fully saturated rings. The van der Waals surface area contributed by atoms with Gasteiger partial charge in [-0.15, -0.1) is 16.7 Å². The first-order valence-electron chi connectivity index (χ1n) is 9.27. The number of H-pyrrole nitrogens is 1. The lowest BCUT2D eigenvalue weighted by molar-refractivity contribution is 0.259. The molecule has 0 aliphatic rings. The van der Waals surface area contributed by atoms with Gasteiger partial charge in [-0.3, -0.25) is 0 Å². The molecular formula is C21H21Cl3N2O4. The number of aromatic nitrogens is 2. The van der Waals surface area contributed by atoms with Crippen LogP contribution in [-0.4, -0.2) is 22.7 Å². The van der Waals surface area contributed by atoms with Crippen LogP contribution in [0.25, 0.3) is 0 Å². The van der Waals surface area contributed by atoms with Crippen LogP contribution < -0.4 is 15.2 Å². The highest BCUT2D eigenvalue weighted by Gasteiger charge is 2.25. The van der Waals surface area contributed by atoms with Crippen LogP contribution in [-0.2, 0) is 12.0 Å². The van der Waals surface area contributed by atoms with Crippen LogP contribution in [0.15, 0.2) is 45.6 Å². The van der Waals surface area contributed by atoms with Crippen molar-refractivity contribution in [2.24, 2.45) is 0 Å². The molecule has 0 unspecified atom stereocenters. The molecule has 160 valence electrons. The average molecular weight is 472 g/mol. The third kappa shape index (κ3) is 5.31. The van der Waals surface area contributed by atoms with E-state index in [4.69, 9.17) is 48.7 Å². The molecule has 9 heteroatoms. The highest BCUT2D eigenvalue weighted by atomic mass is 35.5. The maximum Gasteiger partial charge on any atom is 0.434 e. The summed E-state index contributed by atoms with van der Waals surface area (Å²) in [5, 5.41) is 6.81. The first-order valence-corrected chi connectivity index (χ1v) is 10.6. The van der Waals surface area contributed by atoms with Gasteiger partial charge in [0, 0.05) is 11.3 Å². The summed E-state index contributed by atoms with van der Waals surface area (Å²) in [5.41, 5.74) is 1.63. The number of aromatic amines is 1. The normalized spacial score (nSPS) is 11.5. The molecule has 0 aliphatic carbocycles. The summed E-state index contributed by atoms with van der Waals surface area (Å²) < 4.78 is 16.1. The molecule has 0 radical (unpaired) electrons. The molecule has 1 N–H and O–H groups in total. The van der Waals surface area contributed by atoms with Crippen LogP contribution >= 0.6 is 34.8 Å². The van der Waals surface area contributed by atoms with Gasteiger partial charge in [0.2, 0.25) is 0 Å². The van der Waals surface area contributed by atoms with Crippen LogP contribution in [0.1, 0.15) is 37.3 Å². The zero-order valence-corrected chi connectivity index (χ0v) is 18.8. The van der Waals surface area contributed by atoms with Crippen molar-refractivity contribution >= 4 is 34.8 Å². The summed E-state index contributed by atoms with van der Waals surface area (Å²) in [6.45, 7) is 4.67. The van der Waals surface area contributed by atoms with E-state index in [2.05, 4.69) is 24.0 Å². The van der Waals surface area contributed by atoms with Gasteiger partial charge in [0.25, 0.3) is 5.89 Å². The molecule has 0 aliphatic heterocycles. The maximum absolute atomic E-state index is 11.0. The number of alkyl halides is 1. The van der Waals surface area contributed by atoms with Gasteiger partial charge in [-0.1, -0.05) is 49.2 Å². The SMILES string of the molecule is CC(C)(c1ccc(OCc2n[nH]c(=O)o2)cc1)c1cc(Cl)c(OCCCCl)c(Cl)c1. The summed E-state index contributed by atoms with van der Waals surface area (Å²) >= 11 is 18.5. The highest BCUT2D eigenvalue weighted by Crippen LogP contribution is 2.40. The van der Waals surface area contributed by atoms with Crippen LogP contribution in [0.5, 0.6) is 11.5 Å². The van der Waals surface area contributed by atoms with Crippen molar-refractivity contribution in [1.29, 1.82) is 0 Å². The fraction of sp³-hybridized carbons (Fsp3) is 0.333. The topological polar surface area (TPSA) is 77.4 Å². The molecule has 3 rings (SSSR count). The lowest BCUT2D eigenvalue weighted by atomic mass is 9.78. The van der Waals surface area contributed by atoms with Gasteiger partial charge in [0.05, 0.1) is 16.7 Å². The van der Waals surface area contributed by atoms with Crippen LogP contribution in [0.2, 0.25) is 10.0 Å². The monoisotopic (exact) mass is 470 g/mol. The number of halogens is 3. The predicted octanol–water partition coefficient (Wildman–Crippen LogP) is 5.58. The average Bonchev–Trinajstić information content (AvgIpc) is 3.14. The van der Waals surface area contributed by atoms with Crippen molar-refractivity contribution in [3.63, 3.8) is 0 Å². The number of ether oxygens (including phenoxy) is 2. The van der Waals surface area contributed by atoms with E-state index >= 15 is 0 Å². The number of nitrogens with one attached hydrogen (secondary N) is 1. The molecule has 1 aromatic heterocycles. The number of benzene rings is 2.